The fraction of sp³-hybridized carbons (Fsp3) is 1.00. The van der Waals surface area contributed by atoms with Gasteiger partial charge in [-0.05, 0) is 53.2 Å². The van der Waals surface area contributed by atoms with E-state index in [1.165, 1.54) is 0 Å². The lowest BCUT2D eigenvalue weighted by Gasteiger charge is -2.32. The van der Waals surface area contributed by atoms with E-state index in [9.17, 15) is 5.11 Å². The lowest BCUT2D eigenvalue weighted by molar-refractivity contribution is 0.0807. The van der Waals surface area contributed by atoms with E-state index in [4.69, 9.17) is 4.74 Å². The van der Waals surface area contributed by atoms with Crippen molar-refractivity contribution in [1.82, 2.24) is 10.2 Å². The molecule has 0 bridgehead atoms. The Morgan fingerprint density at radius 1 is 1.50 bits per heavy atom. The molecule has 18 heavy (non-hydrogen) atoms. The minimum absolute atomic E-state index is 0.0986. The van der Waals surface area contributed by atoms with Crippen LogP contribution in [-0.4, -0.2) is 61.5 Å². The molecule has 1 saturated heterocycles. The second-order valence-corrected chi connectivity index (χ2v) is 5.56. The molecule has 1 heterocycles. The van der Waals surface area contributed by atoms with E-state index in [0.717, 1.165) is 38.8 Å². The summed E-state index contributed by atoms with van der Waals surface area (Å²) in [5.74, 6) is 0. The van der Waals surface area contributed by atoms with E-state index in [2.05, 4.69) is 31.1 Å². The minimum Gasteiger partial charge on any atom is -0.394 e. The molecule has 1 fully saturated rings. The van der Waals surface area contributed by atoms with Gasteiger partial charge >= 0.3 is 0 Å². The zero-order valence-corrected chi connectivity index (χ0v) is 12.4. The van der Waals surface area contributed by atoms with E-state index in [1.54, 1.807) is 0 Å². The molecule has 0 aromatic heterocycles. The monoisotopic (exact) mass is 258 g/mol. The molecule has 3 atom stereocenters. The molecule has 1 aliphatic heterocycles. The molecule has 0 aromatic rings. The molecule has 1 aliphatic rings. The van der Waals surface area contributed by atoms with Gasteiger partial charge in [0.1, 0.15) is 0 Å². The summed E-state index contributed by atoms with van der Waals surface area (Å²) in [6, 6.07) is 0.560. The average molecular weight is 258 g/mol. The normalized spacial score (nSPS) is 27.7. The molecular weight excluding hydrogens is 228 g/mol. The predicted octanol–water partition coefficient (Wildman–Crippen LogP) is 1.24. The van der Waals surface area contributed by atoms with Crippen LogP contribution < -0.4 is 5.32 Å². The lowest BCUT2D eigenvalue weighted by Crippen LogP contribution is -2.46. The Morgan fingerprint density at radius 2 is 2.22 bits per heavy atom. The van der Waals surface area contributed by atoms with Gasteiger partial charge in [-0.25, -0.2) is 0 Å². The van der Waals surface area contributed by atoms with Crippen LogP contribution in [0.4, 0.5) is 0 Å². The van der Waals surface area contributed by atoms with Gasteiger partial charge in [0.2, 0.25) is 0 Å². The summed E-state index contributed by atoms with van der Waals surface area (Å²) in [4.78, 5) is 2.41. The Hall–Kier alpha value is -0.160. The summed E-state index contributed by atoms with van der Waals surface area (Å²) in [5.41, 5.74) is -0.0986. The first-order valence-electron chi connectivity index (χ1n) is 7.20. The molecule has 2 N–H and O–H groups in total. The molecule has 0 spiro atoms. The highest BCUT2D eigenvalue weighted by molar-refractivity contribution is 4.86. The second-order valence-electron chi connectivity index (χ2n) is 5.56. The first kappa shape index (κ1) is 15.9. The van der Waals surface area contributed by atoms with Gasteiger partial charge in [-0.3, -0.25) is 0 Å². The van der Waals surface area contributed by atoms with E-state index in [1.807, 2.05) is 7.05 Å². The standard InChI is InChI=1S/C14H30N2O2/c1-5-14(11-17,15-3)8-6-9-16(4)13-7-10-18-12(13)2/h12-13,15,17H,5-11H2,1-4H3. The number of nitrogens with one attached hydrogen (secondary N) is 1. The van der Waals surface area contributed by atoms with Gasteiger partial charge in [0.15, 0.2) is 0 Å². The molecule has 0 aliphatic carbocycles. The molecular formula is C14H30N2O2. The Bertz CT molecular complexity index is 224. The van der Waals surface area contributed by atoms with Gasteiger partial charge < -0.3 is 20.1 Å². The molecule has 1 rings (SSSR count). The second kappa shape index (κ2) is 7.43. The third-order valence-corrected chi connectivity index (χ3v) is 4.58. The number of aliphatic hydroxyl groups excluding tert-OH is 1. The maximum absolute atomic E-state index is 9.50. The highest BCUT2D eigenvalue weighted by Gasteiger charge is 2.29. The molecule has 0 radical (unpaired) electrons. The minimum atomic E-state index is -0.0986. The zero-order valence-electron chi connectivity index (χ0n) is 12.4. The summed E-state index contributed by atoms with van der Waals surface area (Å²) in [6.07, 6.45) is 4.58. The van der Waals surface area contributed by atoms with Crippen molar-refractivity contribution in [3.8, 4) is 0 Å². The number of ether oxygens (including phenoxy) is 1. The summed E-state index contributed by atoms with van der Waals surface area (Å²) >= 11 is 0. The van der Waals surface area contributed by atoms with Crippen LogP contribution >= 0.6 is 0 Å². The molecule has 4 heteroatoms. The summed E-state index contributed by atoms with van der Waals surface area (Å²) < 4.78 is 5.60. The average Bonchev–Trinajstić information content (AvgIpc) is 2.81. The summed E-state index contributed by atoms with van der Waals surface area (Å²) in [5, 5.41) is 12.8. The van der Waals surface area contributed by atoms with E-state index >= 15 is 0 Å². The smallest absolute Gasteiger partial charge is 0.0702 e. The Morgan fingerprint density at radius 3 is 2.67 bits per heavy atom. The Balaban J connectivity index is 2.32. The van der Waals surface area contributed by atoms with Crippen molar-refractivity contribution in [1.29, 1.82) is 0 Å². The maximum atomic E-state index is 9.50. The van der Waals surface area contributed by atoms with Crippen LogP contribution in [-0.2, 0) is 4.74 Å². The van der Waals surface area contributed by atoms with Crippen LogP contribution in [0.1, 0.15) is 39.5 Å². The first-order valence-corrected chi connectivity index (χ1v) is 7.20. The molecule has 0 aromatic carbocycles. The third kappa shape index (κ3) is 3.92. The number of aliphatic hydroxyl groups is 1. The molecule has 0 amide bonds. The number of likely N-dealkylation sites (N-methyl/N-ethyl adjacent to an activating group) is 2. The zero-order chi connectivity index (χ0) is 13.6. The topological polar surface area (TPSA) is 44.7 Å². The van der Waals surface area contributed by atoms with Gasteiger partial charge in [-0.15, -0.1) is 0 Å². The van der Waals surface area contributed by atoms with Gasteiger partial charge in [0.05, 0.1) is 12.7 Å². The van der Waals surface area contributed by atoms with Crippen molar-refractivity contribution >= 4 is 0 Å². The van der Waals surface area contributed by atoms with Crippen molar-refractivity contribution in [2.24, 2.45) is 0 Å². The number of rotatable bonds is 8. The van der Waals surface area contributed by atoms with E-state index < -0.39 is 0 Å². The molecule has 3 unspecified atom stereocenters. The third-order valence-electron chi connectivity index (χ3n) is 4.58. The van der Waals surface area contributed by atoms with Crippen LogP contribution in [0.2, 0.25) is 0 Å². The van der Waals surface area contributed by atoms with E-state index in [0.29, 0.717) is 12.1 Å². The van der Waals surface area contributed by atoms with Crippen molar-refractivity contribution in [3.63, 3.8) is 0 Å². The lowest BCUT2D eigenvalue weighted by atomic mass is 9.91. The number of hydrogen-bond donors (Lipinski definition) is 2. The van der Waals surface area contributed by atoms with Gasteiger partial charge in [-0.2, -0.15) is 0 Å². The van der Waals surface area contributed by atoms with Crippen LogP contribution in [0.25, 0.3) is 0 Å². The van der Waals surface area contributed by atoms with Crippen molar-refractivity contribution in [3.05, 3.63) is 0 Å². The van der Waals surface area contributed by atoms with Crippen molar-refractivity contribution in [2.45, 2.75) is 57.2 Å². The van der Waals surface area contributed by atoms with Crippen LogP contribution in [0.3, 0.4) is 0 Å². The van der Waals surface area contributed by atoms with Gasteiger partial charge in [-0.1, -0.05) is 6.92 Å². The largest absolute Gasteiger partial charge is 0.394 e. The van der Waals surface area contributed by atoms with Crippen LogP contribution in [0.15, 0.2) is 0 Å². The maximum Gasteiger partial charge on any atom is 0.0702 e. The molecule has 0 saturated carbocycles. The SMILES string of the molecule is CCC(CO)(CCCN(C)C1CCOC1C)NC. The van der Waals surface area contributed by atoms with Crippen molar-refractivity contribution in [2.75, 3.05) is 33.9 Å². The highest BCUT2D eigenvalue weighted by Crippen LogP contribution is 2.20. The number of hydrogen-bond acceptors (Lipinski definition) is 4. The number of nitrogens with zero attached hydrogens (tertiary/aromatic N) is 1. The van der Waals surface area contributed by atoms with Crippen LogP contribution in [0, 0.1) is 0 Å². The summed E-state index contributed by atoms with van der Waals surface area (Å²) in [6.45, 7) is 6.46. The molecule has 108 valence electrons. The Kier molecular flexibility index (Phi) is 6.57. The van der Waals surface area contributed by atoms with Crippen molar-refractivity contribution < 1.29 is 9.84 Å². The highest BCUT2D eigenvalue weighted by atomic mass is 16.5. The van der Waals surface area contributed by atoms with Crippen LogP contribution in [0.5, 0.6) is 0 Å². The predicted molar refractivity (Wildman–Crippen MR) is 74.9 cm³/mol. The first-order chi connectivity index (χ1) is 8.58. The quantitative estimate of drug-likeness (QED) is 0.687. The fourth-order valence-electron chi connectivity index (χ4n) is 2.88. The van der Waals surface area contributed by atoms with Gasteiger partial charge in [0.25, 0.3) is 0 Å². The Labute approximate surface area is 112 Å². The van der Waals surface area contributed by atoms with Gasteiger partial charge in [0, 0.05) is 18.2 Å². The molecule has 4 nitrogen and oxygen atoms in total. The summed E-state index contributed by atoms with van der Waals surface area (Å²) in [7, 11) is 4.12. The fourth-order valence-corrected chi connectivity index (χ4v) is 2.88. The van der Waals surface area contributed by atoms with E-state index in [-0.39, 0.29) is 12.1 Å².